The fourth-order valence-electron chi connectivity index (χ4n) is 1.76. The maximum Gasteiger partial charge on any atom is 0.192 e. The van der Waals surface area contributed by atoms with Crippen LogP contribution in [0.1, 0.15) is 45.3 Å². The SMILES string of the molecule is CC(C)(C)[Si](C)(C)O[C@@H](CCCI)c1ccccc1. The van der Waals surface area contributed by atoms with Crippen LogP contribution in [0.2, 0.25) is 18.1 Å². The van der Waals surface area contributed by atoms with Crippen LogP contribution in [0.5, 0.6) is 0 Å². The van der Waals surface area contributed by atoms with Crippen molar-refractivity contribution >= 4 is 30.9 Å². The van der Waals surface area contributed by atoms with Gasteiger partial charge < -0.3 is 4.43 Å². The lowest BCUT2D eigenvalue weighted by Crippen LogP contribution is -2.41. The Bertz CT molecular complexity index is 370. The van der Waals surface area contributed by atoms with Crippen LogP contribution in [0.4, 0.5) is 0 Å². The molecule has 0 aliphatic rings. The van der Waals surface area contributed by atoms with Crippen molar-refractivity contribution in [2.45, 2.75) is 57.8 Å². The molecule has 0 N–H and O–H groups in total. The summed E-state index contributed by atoms with van der Waals surface area (Å²) in [4.78, 5) is 0. The molecule has 0 spiro atoms. The molecule has 1 nitrogen and oxygen atoms in total. The van der Waals surface area contributed by atoms with Crippen molar-refractivity contribution < 1.29 is 4.43 Å². The van der Waals surface area contributed by atoms with E-state index in [1.807, 2.05) is 0 Å². The Morgan fingerprint density at radius 3 is 2.21 bits per heavy atom. The van der Waals surface area contributed by atoms with E-state index in [2.05, 4.69) is 86.8 Å². The molecule has 3 heteroatoms. The van der Waals surface area contributed by atoms with E-state index in [4.69, 9.17) is 4.43 Å². The normalized spacial score (nSPS) is 14.4. The first-order valence-electron chi connectivity index (χ1n) is 7.06. The van der Waals surface area contributed by atoms with Crippen LogP contribution in [0, 0.1) is 0 Å². The second kappa shape index (κ2) is 7.23. The highest BCUT2D eigenvalue weighted by molar-refractivity contribution is 14.1. The van der Waals surface area contributed by atoms with Crippen molar-refractivity contribution in [3.63, 3.8) is 0 Å². The van der Waals surface area contributed by atoms with Gasteiger partial charge in [0.15, 0.2) is 8.32 Å². The number of hydrogen-bond donors (Lipinski definition) is 0. The van der Waals surface area contributed by atoms with Crippen molar-refractivity contribution in [1.29, 1.82) is 0 Å². The first-order chi connectivity index (χ1) is 8.78. The van der Waals surface area contributed by atoms with Gasteiger partial charge in [0.1, 0.15) is 0 Å². The quantitative estimate of drug-likeness (QED) is 0.331. The molecule has 0 saturated heterocycles. The van der Waals surface area contributed by atoms with Gasteiger partial charge in [-0.15, -0.1) is 0 Å². The van der Waals surface area contributed by atoms with Gasteiger partial charge in [-0.25, -0.2) is 0 Å². The van der Waals surface area contributed by atoms with Gasteiger partial charge in [-0.1, -0.05) is 73.7 Å². The Hall–Kier alpha value is 0.127. The molecule has 0 aliphatic heterocycles. The number of halogens is 1. The third-order valence-electron chi connectivity index (χ3n) is 4.01. The van der Waals surface area contributed by atoms with Gasteiger partial charge >= 0.3 is 0 Å². The zero-order valence-electron chi connectivity index (χ0n) is 12.9. The Labute approximate surface area is 133 Å². The molecule has 108 valence electrons. The molecule has 1 atom stereocenters. The molecular weight excluding hydrogens is 363 g/mol. The van der Waals surface area contributed by atoms with E-state index in [0.717, 1.165) is 6.42 Å². The topological polar surface area (TPSA) is 9.23 Å². The minimum Gasteiger partial charge on any atom is -0.410 e. The second-order valence-corrected chi connectivity index (χ2v) is 12.4. The van der Waals surface area contributed by atoms with Crippen molar-refractivity contribution in [3.05, 3.63) is 35.9 Å². The van der Waals surface area contributed by atoms with Crippen molar-refractivity contribution in [2.24, 2.45) is 0 Å². The number of alkyl halides is 1. The maximum absolute atomic E-state index is 6.63. The summed E-state index contributed by atoms with van der Waals surface area (Å²) in [5.41, 5.74) is 1.33. The average molecular weight is 390 g/mol. The second-order valence-electron chi connectivity index (χ2n) is 6.61. The molecular formula is C16H27IOSi. The van der Waals surface area contributed by atoms with E-state index in [9.17, 15) is 0 Å². The lowest BCUT2D eigenvalue weighted by Gasteiger charge is -2.39. The van der Waals surface area contributed by atoms with Gasteiger partial charge in [0.2, 0.25) is 0 Å². The van der Waals surface area contributed by atoms with E-state index in [0.29, 0.717) is 0 Å². The van der Waals surface area contributed by atoms with E-state index in [1.54, 1.807) is 0 Å². The highest BCUT2D eigenvalue weighted by Crippen LogP contribution is 2.40. The standard InChI is InChI=1S/C16H27IOSi/c1-16(2,3)19(4,5)18-15(12-9-13-17)14-10-7-6-8-11-14/h6-8,10-11,15H,9,12-13H2,1-5H3/t15-/m0/s1. The van der Waals surface area contributed by atoms with Crippen LogP contribution in [0.15, 0.2) is 30.3 Å². The summed E-state index contributed by atoms with van der Waals surface area (Å²) in [5.74, 6) is 0. The summed E-state index contributed by atoms with van der Waals surface area (Å²) >= 11 is 2.45. The molecule has 0 fully saturated rings. The van der Waals surface area contributed by atoms with Crippen LogP contribution in [0.25, 0.3) is 0 Å². The first-order valence-corrected chi connectivity index (χ1v) is 11.5. The molecule has 0 amide bonds. The third-order valence-corrected chi connectivity index (χ3v) is 9.26. The van der Waals surface area contributed by atoms with E-state index < -0.39 is 8.32 Å². The number of benzene rings is 1. The highest BCUT2D eigenvalue weighted by Gasteiger charge is 2.39. The predicted molar refractivity (Wildman–Crippen MR) is 95.6 cm³/mol. The van der Waals surface area contributed by atoms with Crippen molar-refractivity contribution in [1.82, 2.24) is 0 Å². The minimum atomic E-state index is -1.70. The van der Waals surface area contributed by atoms with E-state index in [-0.39, 0.29) is 11.1 Å². The molecule has 1 aromatic rings. The van der Waals surface area contributed by atoms with Gasteiger partial charge in [0, 0.05) is 0 Å². The monoisotopic (exact) mass is 390 g/mol. The zero-order valence-corrected chi connectivity index (χ0v) is 16.0. The summed E-state index contributed by atoms with van der Waals surface area (Å²) < 4.78 is 7.82. The van der Waals surface area contributed by atoms with Gasteiger partial charge in [-0.05, 0) is 41.0 Å². The van der Waals surface area contributed by atoms with Gasteiger partial charge in [0.25, 0.3) is 0 Å². The van der Waals surface area contributed by atoms with Crippen molar-refractivity contribution in [2.75, 3.05) is 4.43 Å². The molecule has 0 heterocycles. The van der Waals surface area contributed by atoms with Crippen LogP contribution in [0.3, 0.4) is 0 Å². The number of hydrogen-bond acceptors (Lipinski definition) is 1. The molecule has 1 rings (SSSR count). The largest absolute Gasteiger partial charge is 0.410 e. The Balaban J connectivity index is 2.87. The fourth-order valence-corrected chi connectivity index (χ4v) is 3.52. The summed E-state index contributed by atoms with van der Waals surface area (Å²) in [6.45, 7) is 11.6. The van der Waals surface area contributed by atoms with E-state index >= 15 is 0 Å². The van der Waals surface area contributed by atoms with Gasteiger partial charge in [-0.3, -0.25) is 0 Å². The lowest BCUT2D eigenvalue weighted by atomic mass is 10.1. The first kappa shape index (κ1) is 17.2. The fraction of sp³-hybridized carbons (Fsp3) is 0.625. The van der Waals surface area contributed by atoms with Crippen LogP contribution in [-0.2, 0) is 4.43 Å². The summed E-state index contributed by atoms with van der Waals surface area (Å²) in [6.07, 6.45) is 2.60. The molecule has 1 aromatic carbocycles. The van der Waals surface area contributed by atoms with Crippen LogP contribution >= 0.6 is 22.6 Å². The van der Waals surface area contributed by atoms with Crippen LogP contribution in [-0.4, -0.2) is 12.7 Å². The average Bonchev–Trinajstić information content (AvgIpc) is 2.34. The Morgan fingerprint density at radius 1 is 1.16 bits per heavy atom. The molecule has 0 aromatic heterocycles. The number of rotatable bonds is 6. The summed E-state index contributed by atoms with van der Waals surface area (Å²) in [6, 6.07) is 10.7. The molecule has 0 bridgehead atoms. The molecule has 0 unspecified atom stereocenters. The summed E-state index contributed by atoms with van der Waals surface area (Å²) in [5, 5.41) is 0.268. The van der Waals surface area contributed by atoms with Gasteiger partial charge in [0.05, 0.1) is 6.10 Å². The predicted octanol–water partition coefficient (Wildman–Crippen LogP) is 5.96. The zero-order chi connectivity index (χ0) is 14.5. The smallest absolute Gasteiger partial charge is 0.192 e. The Kier molecular flexibility index (Phi) is 6.53. The minimum absolute atomic E-state index is 0.261. The molecule has 0 aliphatic carbocycles. The Morgan fingerprint density at radius 2 is 1.74 bits per heavy atom. The summed E-state index contributed by atoms with van der Waals surface area (Å²) in [7, 11) is -1.70. The van der Waals surface area contributed by atoms with Crippen LogP contribution < -0.4 is 0 Å². The molecule has 0 radical (unpaired) electrons. The van der Waals surface area contributed by atoms with Gasteiger partial charge in [-0.2, -0.15) is 0 Å². The molecule has 19 heavy (non-hydrogen) atoms. The third kappa shape index (κ3) is 5.19. The molecule has 0 saturated carbocycles. The van der Waals surface area contributed by atoms with E-state index in [1.165, 1.54) is 16.4 Å². The highest BCUT2D eigenvalue weighted by atomic mass is 127. The van der Waals surface area contributed by atoms with Crippen molar-refractivity contribution in [3.8, 4) is 0 Å². The lowest BCUT2D eigenvalue weighted by molar-refractivity contribution is 0.173. The maximum atomic E-state index is 6.63.